The molecule has 0 aliphatic heterocycles. The predicted octanol–water partition coefficient (Wildman–Crippen LogP) is 1.95. The van der Waals surface area contributed by atoms with E-state index in [1.807, 2.05) is 44.2 Å². The van der Waals surface area contributed by atoms with Crippen molar-refractivity contribution in [3.8, 4) is 0 Å². The van der Waals surface area contributed by atoms with Crippen molar-refractivity contribution < 1.29 is 4.79 Å². The molecule has 0 aliphatic rings. The Hall–Kier alpha value is -2.02. The highest BCUT2D eigenvalue weighted by Gasteiger charge is 2.13. The standard InChI is InChI=1S/C15H20N4O2S/c1-3-9-19-14(21)17-18-15(19)22-10-13(20)16-11(2)12-7-5-4-6-8-12/h4-8,11H,3,9-10H2,1-2H3,(H,16,20)(H,17,21)/t11-/m1/s1. The fraction of sp³-hybridized carbons (Fsp3) is 0.400. The van der Waals surface area contributed by atoms with Crippen LogP contribution in [-0.2, 0) is 11.3 Å². The zero-order valence-corrected chi connectivity index (χ0v) is 13.5. The van der Waals surface area contributed by atoms with E-state index in [-0.39, 0.29) is 23.4 Å². The van der Waals surface area contributed by atoms with Crippen molar-refractivity contribution in [3.63, 3.8) is 0 Å². The van der Waals surface area contributed by atoms with Crippen molar-refractivity contribution in [3.05, 3.63) is 46.4 Å². The first kappa shape index (κ1) is 16.4. The quantitative estimate of drug-likeness (QED) is 0.764. The Kier molecular flexibility index (Phi) is 5.83. The third kappa shape index (κ3) is 4.24. The number of thioether (sulfide) groups is 1. The Balaban J connectivity index is 1.89. The Bertz CT molecular complexity index is 666. The topological polar surface area (TPSA) is 79.8 Å². The molecule has 1 aromatic heterocycles. The predicted molar refractivity (Wildman–Crippen MR) is 86.9 cm³/mol. The lowest BCUT2D eigenvalue weighted by Crippen LogP contribution is -2.28. The summed E-state index contributed by atoms with van der Waals surface area (Å²) < 4.78 is 1.55. The van der Waals surface area contributed by atoms with E-state index in [1.54, 1.807) is 4.57 Å². The highest BCUT2D eigenvalue weighted by atomic mass is 32.2. The molecular formula is C15H20N4O2S. The molecule has 0 spiro atoms. The third-order valence-corrected chi connectivity index (χ3v) is 4.16. The van der Waals surface area contributed by atoms with E-state index in [1.165, 1.54) is 11.8 Å². The van der Waals surface area contributed by atoms with Gasteiger partial charge in [0, 0.05) is 6.54 Å². The van der Waals surface area contributed by atoms with Gasteiger partial charge in [-0.3, -0.25) is 9.36 Å². The maximum absolute atomic E-state index is 12.0. The molecule has 1 amide bonds. The highest BCUT2D eigenvalue weighted by Crippen LogP contribution is 2.15. The molecule has 2 N–H and O–H groups in total. The Labute approximate surface area is 133 Å². The van der Waals surface area contributed by atoms with Gasteiger partial charge in [-0.2, -0.15) is 0 Å². The van der Waals surface area contributed by atoms with Gasteiger partial charge in [0.25, 0.3) is 0 Å². The van der Waals surface area contributed by atoms with Crippen molar-refractivity contribution in [1.82, 2.24) is 20.1 Å². The zero-order chi connectivity index (χ0) is 15.9. The fourth-order valence-corrected chi connectivity index (χ4v) is 2.86. The van der Waals surface area contributed by atoms with Gasteiger partial charge < -0.3 is 5.32 Å². The number of benzene rings is 1. The van der Waals surface area contributed by atoms with Crippen LogP contribution in [0, 0.1) is 0 Å². The van der Waals surface area contributed by atoms with Gasteiger partial charge in [-0.1, -0.05) is 49.0 Å². The zero-order valence-electron chi connectivity index (χ0n) is 12.7. The van der Waals surface area contributed by atoms with Gasteiger partial charge in [0.05, 0.1) is 11.8 Å². The summed E-state index contributed by atoms with van der Waals surface area (Å²) >= 11 is 1.26. The van der Waals surface area contributed by atoms with Crippen LogP contribution in [0.4, 0.5) is 0 Å². The van der Waals surface area contributed by atoms with Crippen LogP contribution in [0.15, 0.2) is 40.3 Å². The summed E-state index contributed by atoms with van der Waals surface area (Å²) in [4.78, 5) is 23.6. The van der Waals surface area contributed by atoms with Crippen LogP contribution in [-0.4, -0.2) is 26.4 Å². The van der Waals surface area contributed by atoms with Gasteiger partial charge in [0.1, 0.15) is 0 Å². The smallest absolute Gasteiger partial charge is 0.343 e. The van der Waals surface area contributed by atoms with Crippen LogP contribution >= 0.6 is 11.8 Å². The molecule has 0 radical (unpaired) electrons. The SMILES string of the molecule is CCCn1c(SCC(=O)N[C@H](C)c2ccccc2)n[nH]c1=O. The number of aromatic amines is 1. The first-order valence-corrected chi connectivity index (χ1v) is 8.22. The lowest BCUT2D eigenvalue weighted by molar-refractivity contribution is -0.119. The van der Waals surface area contributed by atoms with E-state index in [2.05, 4.69) is 15.5 Å². The molecule has 0 fully saturated rings. The number of aromatic nitrogens is 3. The normalized spacial score (nSPS) is 12.1. The van der Waals surface area contributed by atoms with Crippen molar-refractivity contribution in [2.45, 2.75) is 38.0 Å². The molecule has 1 heterocycles. The number of carbonyl (C=O) groups excluding carboxylic acids is 1. The van der Waals surface area contributed by atoms with E-state index in [4.69, 9.17) is 0 Å². The summed E-state index contributed by atoms with van der Waals surface area (Å²) in [6.45, 7) is 4.53. The molecule has 2 aromatic rings. The average Bonchev–Trinajstić information content (AvgIpc) is 2.87. The van der Waals surface area contributed by atoms with Gasteiger partial charge in [0.15, 0.2) is 5.16 Å². The van der Waals surface area contributed by atoms with Gasteiger partial charge >= 0.3 is 5.69 Å². The third-order valence-electron chi connectivity index (χ3n) is 3.18. The van der Waals surface area contributed by atoms with E-state index in [9.17, 15) is 9.59 Å². The van der Waals surface area contributed by atoms with E-state index in [0.717, 1.165) is 12.0 Å². The Morgan fingerprint density at radius 3 is 2.82 bits per heavy atom. The second-order valence-electron chi connectivity index (χ2n) is 4.95. The maximum Gasteiger partial charge on any atom is 0.343 e. The molecule has 1 aromatic carbocycles. The second kappa shape index (κ2) is 7.84. The van der Waals surface area contributed by atoms with Crippen LogP contribution in [0.3, 0.4) is 0 Å². The number of carbonyl (C=O) groups is 1. The van der Waals surface area contributed by atoms with Crippen molar-refractivity contribution in [2.24, 2.45) is 0 Å². The second-order valence-corrected chi connectivity index (χ2v) is 5.89. The van der Waals surface area contributed by atoms with Crippen molar-refractivity contribution in [1.29, 1.82) is 0 Å². The van der Waals surface area contributed by atoms with Gasteiger partial charge in [-0.15, -0.1) is 5.10 Å². The number of amides is 1. The summed E-state index contributed by atoms with van der Waals surface area (Å²) in [5, 5.41) is 9.86. The van der Waals surface area contributed by atoms with Gasteiger partial charge in [-0.25, -0.2) is 9.89 Å². The molecule has 0 bridgehead atoms. The molecule has 7 heteroatoms. The highest BCUT2D eigenvalue weighted by molar-refractivity contribution is 7.99. The molecule has 0 aliphatic carbocycles. The van der Waals surface area contributed by atoms with Crippen LogP contribution in [0.25, 0.3) is 0 Å². The first-order valence-electron chi connectivity index (χ1n) is 7.24. The number of hydrogen-bond donors (Lipinski definition) is 2. The minimum Gasteiger partial charge on any atom is -0.349 e. The van der Waals surface area contributed by atoms with Gasteiger partial charge in [0.2, 0.25) is 5.91 Å². The molecule has 1 atom stereocenters. The molecule has 6 nitrogen and oxygen atoms in total. The largest absolute Gasteiger partial charge is 0.349 e. The summed E-state index contributed by atoms with van der Waals surface area (Å²) in [7, 11) is 0. The van der Waals surface area contributed by atoms with Crippen LogP contribution in [0.5, 0.6) is 0 Å². The summed E-state index contributed by atoms with van der Waals surface area (Å²) in [5.41, 5.74) is 0.825. The lowest BCUT2D eigenvalue weighted by atomic mass is 10.1. The monoisotopic (exact) mass is 320 g/mol. The number of nitrogens with zero attached hydrogens (tertiary/aromatic N) is 2. The molecule has 0 saturated heterocycles. The molecule has 2 rings (SSSR count). The molecule has 118 valence electrons. The van der Waals surface area contributed by atoms with Gasteiger partial charge in [-0.05, 0) is 18.9 Å². The van der Waals surface area contributed by atoms with Crippen molar-refractivity contribution in [2.75, 3.05) is 5.75 Å². The Morgan fingerprint density at radius 2 is 2.14 bits per heavy atom. The number of nitrogens with one attached hydrogen (secondary N) is 2. The maximum atomic E-state index is 12.0. The molecule has 22 heavy (non-hydrogen) atoms. The minimum atomic E-state index is -0.234. The van der Waals surface area contributed by atoms with Crippen molar-refractivity contribution >= 4 is 17.7 Å². The Morgan fingerprint density at radius 1 is 1.41 bits per heavy atom. The van der Waals surface area contributed by atoms with Crippen LogP contribution in [0.1, 0.15) is 31.9 Å². The molecular weight excluding hydrogens is 300 g/mol. The summed E-state index contributed by atoms with van der Waals surface area (Å²) in [6.07, 6.45) is 0.838. The van der Waals surface area contributed by atoms with Crippen LogP contribution < -0.4 is 11.0 Å². The van der Waals surface area contributed by atoms with E-state index in [0.29, 0.717) is 11.7 Å². The fourth-order valence-electron chi connectivity index (χ4n) is 2.07. The first-order chi connectivity index (χ1) is 10.6. The van der Waals surface area contributed by atoms with Crippen LogP contribution in [0.2, 0.25) is 0 Å². The lowest BCUT2D eigenvalue weighted by Gasteiger charge is -2.14. The number of H-pyrrole nitrogens is 1. The summed E-state index contributed by atoms with van der Waals surface area (Å²) in [5.74, 6) is 0.144. The molecule has 0 saturated carbocycles. The number of rotatable bonds is 7. The van der Waals surface area contributed by atoms with E-state index < -0.39 is 0 Å². The summed E-state index contributed by atoms with van der Waals surface area (Å²) in [6, 6.07) is 9.74. The minimum absolute atomic E-state index is 0.0497. The van der Waals surface area contributed by atoms with E-state index >= 15 is 0 Å². The average molecular weight is 320 g/mol. The molecule has 0 unspecified atom stereocenters. The number of hydrogen-bond acceptors (Lipinski definition) is 4.